The van der Waals surface area contributed by atoms with E-state index in [4.69, 9.17) is 0 Å². The second-order valence-corrected chi connectivity index (χ2v) is 8.20. The molecule has 0 atom stereocenters. The van der Waals surface area contributed by atoms with Gasteiger partial charge in [-0.05, 0) is 66.7 Å². The molecule has 0 aliphatic carbocycles. The van der Waals surface area contributed by atoms with Crippen molar-refractivity contribution in [2.45, 2.75) is 0 Å². The molecule has 0 spiro atoms. The van der Waals surface area contributed by atoms with E-state index in [1.54, 1.807) is 34.1 Å². The van der Waals surface area contributed by atoms with Crippen molar-refractivity contribution in [1.29, 1.82) is 0 Å². The number of carbonyl (C=O) groups is 2. The van der Waals surface area contributed by atoms with Gasteiger partial charge in [-0.15, -0.1) is 0 Å². The van der Waals surface area contributed by atoms with Crippen LogP contribution in [0, 0.1) is 0 Å². The van der Waals surface area contributed by atoms with E-state index < -0.39 is 0 Å². The van der Waals surface area contributed by atoms with Gasteiger partial charge in [0.25, 0.3) is 11.8 Å². The lowest BCUT2D eigenvalue weighted by molar-refractivity contribution is 0.0998. The van der Waals surface area contributed by atoms with Gasteiger partial charge in [-0.3, -0.25) is 19.4 Å². The van der Waals surface area contributed by atoms with Crippen molar-refractivity contribution >= 4 is 34.6 Å². The highest BCUT2D eigenvalue weighted by Crippen LogP contribution is 2.30. The van der Waals surface area contributed by atoms with E-state index >= 15 is 0 Å². The maximum Gasteiger partial charge on any atom is 0.262 e. The first-order chi connectivity index (χ1) is 17.7. The third-order valence-electron chi connectivity index (χ3n) is 5.82. The molecule has 0 fully saturated rings. The lowest BCUT2D eigenvalue weighted by atomic mass is 10.1. The van der Waals surface area contributed by atoms with Crippen LogP contribution < -0.4 is 9.80 Å². The summed E-state index contributed by atoms with van der Waals surface area (Å²) in [7, 11) is 0. The molecule has 174 valence electrons. The first-order valence-electron chi connectivity index (χ1n) is 11.7. The number of anilines is 4. The van der Waals surface area contributed by atoms with Crippen LogP contribution in [0.15, 0.2) is 146 Å². The number of benzene rings is 5. The number of hydrogen-bond donors (Lipinski definition) is 0. The van der Waals surface area contributed by atoms with Crippen LogP contribution in [0.3, 0.4) is 0 Å². The molecule has 0 heterocycles. The predicted molar refractivity (Wildman–Crippen MR) is 145 cm³/mol. The standard InChI is InChI=1S/C32H24N2O2/c35-31(33(27-16-5-1-6-17-27)28-18-7-2-8-19-28)25-14-13-15-26(24-25)32(36)34(29-20-9-3-10-21-29)30-22-11-4-12-23-30/h1-24H. The van der Waals surface area contributed by atoms with E-state index in [2.05, 4.69) is 0 Å². The molecular formula is C32H24N2O2. The summed E-state index contributed by atoms with van der Waals surface area (Å²) in [5.74, 6) is -0.430. The molecule has 36 heavy (non-hydrogen) atoms. The molecular weight excluding hydrogens is 444 g/mol. The number of rotatable bonds is 6. The fourth-order valence-corrected chi connectivity index (χ4v) is 4.12. The lowest BCUT2D eigenvalue weighted by Gasteiger charge is -2.25. The Balaban J connectivity index is 1.54. The molecule has 4 nitrogen and oxygen atoms in total. The average molecular weight is 469 g/mol. The van der Waals surface area contributed by atoms with Gasteiger partial charge in [0, 0.05) is 33.9 Å². The van der Waals surface area contributed by atoms with Crippen LogP contribution in [-0.2, 0) is 0 Å². The lowest BCUT2D eigenvalue weighted by Crippen LogP contribution is -2.28. The molecule has 5 aromatic rings. The monoisotopic (exact) mass is 468 g/mol. The van der Waals surface area contributed by atoms with Gasteiger partial charge in [0.05, 0.1) is 0 Å². The van der Waals surface area contributed by atoms with Crippen molar-refractivity contribution in [1.82, 2.24) is 0 Å². The number of nitrogens with zero attached hydrogens (tertiary/aromatic N) is 2. The van der Waals surface area contributed by atoms with Crippen LogP contribution in [0.4, 0.5) is 22.7 Å². The van der Waals surface area contributed by atoms with Gasteiger partial charge in [-0.1, -0.05) is 78.9 Å². The minimum Gasteiger partial charge on any atom is -0.277 e. The quantitative estimate of drug-likeness (QED) is 0.257. The molecule has 0 aliphatic rings. The van der Waals surface area contributed by atoms with Gasteiger partial charge in [-0.25, -0.2) is 0 Å². The number of carbonyl (C=O) groups excluding carboxylic acids is 2. The van der Waals surface area contributed by atoms with Gasteiger partial charge in [0.2, 0.25) is 0 Å². The van der Waals surface area contributed by atoms with Crippen LogP contribution in [0.1, 0.15) is 20.7 Å². The third kappa shape index (κ3) is 4.79. The molecule has 5 aromatic carbocycles. The molecule has 0 N–H and O–H groups in total. The van der Waals surface area contributed by atoms with Gasteiger partial charge in [0.1, 0.15) is 0 Å². The largest absolute Gasteiger partial charge is 0.277 e. The van der Waals surface area contributed by atoms with Crippen molar-refractivity contribution in [3.63, 3.8) is 0 Å². The Morgan fingerprint density at radius 2 is 0.639 bits per heavy atom. The van der Waals surface area contributed by atoms with E-state index in [1.807, 2.05) is 121 Å². The summed E-state index contributed by atoms with van der Waals surface area (Å²) in [6.45, 7) is 0. The Kier molecular flexibility index (Phi) is 6.68. The first-order valence-corrected chi connectivity index (χ1v) is 11.7. The Labute approximate surface area is 210 Å². The summed E-state index contributed by atoms with van der Waals surface area (Å²) in [6, 6.07) is 44.9. The SMILES string of the molecule is O=C(c1cccc(C(=O)N(c2ccccc2)c2ccccc2)c1)N(c1ccccc1)c1ccccc1. The van der Waals surface area contributed by atoms with Gasteiger partial charge in [-0.2, -0.15) is 0 Å². The average Bonchev–Trinajstić information content (AvgIpc) is 2.96. The van der Waals surface area contributed by atoms with Crippen LogP contribution in [0.2, 0.25) is 0 Å². The minimum absolute atomic E-state index is 0.215. The molecule has 0 bridgehead atoms. The summed E-state index contributed by atoms with van der Waals surface area (Å²) >= 11 is 0. The van der Waals surface area contributed by atoms with E-state index in [1.165, 1.54) is 0 Å². The molecule has 0 aliphatic heterocycles. The third-order valence-corrected chi connectivity index (χ3v) is 5.82. The second-order valence-electron chi connectivity index (χ2n) is 8.20. The summed E-state index contributed by atoms with van der Waals surface area (Å²) in [5, 5.41) is 0. The fourth-order valence-electron chi connectivity index (χ4n) is 4.12. The Morgan fingerprint density at radius 3 is 0.917 bits per heavy atom. The van der Waals surface area contributed by atoms with Crippen LogP contribution in [0.5, 0.6) is 0 Å². The van der Waals surface area contributed by atoms with Gasteiger partial charge >= 0.3 is 0 Å². The summed E-state index contributed by atoms with van der Waals surface area (Å²) in [4.78, 5) is 31.0. The normalized spacial score (nSPS) is 10.4. The fraction of sp³-hybridized carbons (Fsp3) is 0. The molecule has 0 saturated carbocycles. The summed E-state index contributed by atoms with van der Waals surface area (Å²) in [5.41, 5.74) is 3.85. The maximum absolute atomic E-state index is 13.8. The number of hydrogen-bond acceptors (Lipinski definition) is 2. The highest BCUT2D eigenvalue weighted by molar-refractivity contribution is 6.14. The molecule has 0 saturated heterocycles. The summed E-state index contributed by atoms with van der Waals surface area (Å²) in [6.07, 6.45) is 0. The molecule has 0 radical (unpaired) electrons. The van der Waals surface area contributed by atoms with Crippen molar-refractivity contribution in [3.05, 3.63) is 157 Å². The van der Waals surface area contributed by atoms with Crippen molar-refractivity contribution in [2.24, 2.45) is 0 Å². The van der Waals surface area contributed by atoms with Crippen molar-refractivity contribution in [2.75, 3.05) is 9.80 Å². The van der Waals surface area contributed by atoms with Crippen LogP contribution >= 0.6 is 0 Å². The smallest absolute Gasteiger partial charge is 0.262 e. The zero-order chi connectivity index (χ0) is 24.7. The number of amides is 2. The zero-order valence-electron chi connectivity index (χ0n) is 19.6. The minimum atomic E-state index is -0.215. The molecule has 0 unspecified atom stereocenters. The highest BCUT2D eigenvalue weighted by atomic mass is 16.2. The Bertz CT molecular complexity index is 1260. The van der Waals surface area contributed by atoms with Crippen molar-refractivity contribution in [3.8, 4) is 0 Å². The summed E-state index contributed by atoms with van der Waals surface area (Å²) < 4.78 is 0. The van der Waals surface area contributed by atoms with Gasteiger partial charge < -0.3 is 0 Å². The molecule has 2 amide bonds. The zero-order valence-corrected chi connectivity index (χ0v) is 19.6. The molecule has 4 heteroatoms. The predicted octanol–water partition coefficient (Wildman–Crippen LogP) is 7.64. The Morgan fingerprint density at radius 1 is 0.361 bits per heavy atom. The molecule has 5 rings (SSSR count). The molecule has 0 aromatic heterocycles. The van der Waals surface area contributed by atoms with E-state index in [0.717, 1.165) is 22.7 Å². The van der Waals surface area contributed by atoms with E-state index in [0.29, 0.717) is 11.1 Å². The first kappa shape index (κ1) is 22.8. The number of para-hydroxylation sites is 4. The van der Waals surface area contributed by atoms with E-state index in [9.17, 15) is 9.59 Å². The topological polar surface area (TPSA) is 40.6 Å². The maximum atomic E-state index is 13.8. The van der Waals surface area contributed by atoms with Crippen molar-refractivity contribution < 1.29 is 9.59 Å². The second kappa shape index (κ2) is 10.5. The Hall–Kier alpha value is -4.96. The highest BCUT2D eigenvalue weighted by Gasteiger charge is 2.23. The van der Waals surface area contributed by atoms with Crippen LogP contribution in [-0.4, -0.2) is 11.8 Å². The van der Waals surface area contributed by atoms with Gasteiger partial charge in [0.15, 0.2) is 0 Å². The van der Waals surface area contributed by atoms with E-state index in [-0.39, 0.29) is 11.8 Å². The van der Waals surface area contributed by atoms with Crippen LogP contribution in [0.25, 0.3) is 0 Å².